The van der Waals surface area contributed by atoms with E-state index in [0.29, 0.717) is 5.71 Å². The van der Waals surface area contributed by atoms with Gasteiger partial charge in [-0.2, -0.15) is 0 Å². The average molecular weight is 297 g/mol. The number of nitrogens with zero attached hydrogens (tertiary/aromatic N) is 1. The summed E-state index contributed by atoms with van der Waals surface area (Å²) >= 11 is 0. The Labute approximate surface area is 130 Å². The van der Waals surface area contributed by atoms with E-state index >= 15 is 0 Å². The van der Waals surface area contributed by atoms with Crippen LogP contribution in [0.4, 0.5) is 0 Å². The number of ether oxygens (including phenoxy) is 1. The van der Waals surface area contributed by atoms with E-state index in [1.165, 1.54) is 0 Å². The second-order valence-electron chi connectivity index (χ2n) is 4.84. The lowest BCUT2D eigenvalue weighted by atomic mass is 9.97. The van der Waals surface area contributed by atoms with Crippen LogP contribution < -0.4 is 4.74 Å². The summed E-state index contributed by atoms with van der Waals surface area (Å²) in [7, 11) is 3.26. The van der Waals surface area contributed by atoms with Gasteiger partial charge in [0.25, 0.3) is 0 Å². The Kier molecular flexibility index (Phi) is 5.31. The maximum atomic E-state index is 11.6. The number of hydrogen-bond acceptors (Lipinski definition) is 3. The lowest BCUT2D eigenvalue weighted by molar-refractivity contribution is -0.132. The third-order valence-corrected chi connectivity index (χ3v) is 3.44. The molecule has 0 saturated heterocycles. The summed E-state index contributed by atoms with van der Waals surface area (Å²) in [5.41, 5.74) is 2.46. The lowest BCUT2D eigenvalue weighted by Crippen LogP contribution is -2.08. The van der Waals surface area contributed by atoms with Crippen molar-refractivity contribution in [2.24, 2.45) is 4.99 Å². The maximum Gasteiger partial charge on any atom is 0.336 e. The molecular weight excluding hydrogens is 278 g/mol. The van der Waals surface area contributed by atoms with Crippen molar-refractivity contribution >= 4 is 11.7 Å². The number of rotatable bonds is 5. The molecule has 1 aromatic carbocycles. The Morgan fingerprint density at radius 1 is 1.27 bits per heavy atom. The van der Waals surface area contributed by atoms with E-state index in [1.54, 1.807) is 20.2 Å². The minimum absolute atomic E-state index is 0.257. The predicted octanol–water partition coefficient (Wildman–Crippen LogP) is 3.40. The number of benzene rings is 1. The van der Waals surface area contributed by atoms with E-state index in [-0.39, 0.29) is 5.57 Å². The summed E-state index contributed by atoms with van der Waals surface area (Å²) < 4.78 is 5.13. The highest BCUT2D eigenvalue weighted by atomic mass is 16.5. The molecular formula is C18H19NO3. The van der Waals surface area contributed by atoms with Crippen molar-refractivity contribution < 1.29 is 14.6 Å². The fourth-order valence-electron chi connectivity index (χ4n) is 2.26. The third-order valence-electron chi connectivity index (χ3n) is 3.44. The second kappa shape index (κ2) is 7.41. The first kappa shape index (κ1) is 15.8. The Hall–Kier alpha value is -2.62. The number of methoxy groups -OCH3 is 1. The highest BCUT2D eigenvalue weighted by molar-refractivity contribution is 6.13. The van der Waals surface area contributed by atoms with Crippen LogP contribution in [0.15, 0.2) is 64.7 Å². The number of hydrogen-bond donors (Lipinski definition) is 1. The first-order chi connectivity index (χ1) is 10.7. The first-order valence-electron chi connectivity index (χ1n) is 7.09. The molecule has 1 aliphatic carbocycles. The monoisotopic (exact) mass is 297 g/mol. The minimum Gasteiger partial charge on any atom is -0.497 e. The van der Waals surface area contributed by atoms with Gasteiger partial charge in [-0.25, -0.2) is 4.79 Å². The van der Waals surface area contributed by atoms with E-state index in [1.807, 2.05) is 42.5 Å². The zero-order valence-electron chi connectivity index (χ0n) is 12.7. The van der Waals surface area contributed by atoms with Crippen molar-refractivity contribution in [1.82, 2.24) is 0 Å². The van der Waals surface area contributed by atoms with Gasteiger partial charge in [0.15, 0.2) is 0 Å². The van der Waals surface area contributed by atoms with E-state index in [0.717, 1.165) is 29.7 Å². The van der Waals surface area contributed by atoms with E-state index in [9.17, 15) is 9.90 Å². The van der Waals surface area contributed by atoms with Gasteiger partial charge in [-0.15, -0.1) is 0 Å². The summed E-state index contributed by atoms with van der Waals surface area (Å²) in [5, 5.41) is 9.48. The van der Waals surface area contributed by atoms with Gasteiger partial charge in [0.1, 0.15) is 5.75 Å². The van der Waals surface area contributed by atoms with Gasteiger partial charge in [-0.05, 0) is 54.3 Å². The van der Waals surface area contributed by atoms with Crippen LogP contribution in [0.25, 0.3) is 0 Å². The van der Waals surface area contributed by atoms with Gasteiger partial charge in [0.05, 0.1) is 18.4 Å². The molecule has 4 heteroatoms. The van der Waals surface area contributed by atoms with Gasteiger partial charge < -0.3 is 9.84 Å². The molecule has 0 spiro atoms. The van der Waals surface area contributed by atoms with E-state index in [2.05, 4.69) is 4.99 Å². The zero-order chi connectivity index (χ0) is 15.9. The SMILES string of the molecule is C/N=C(\C=C(\C(=O)O)C1=CCCC=C1)c1ccc(OC)cc1. The van der Waals surface area contributed by atoms with Crippen molar-refractivity contribution in [3.05, 3.63) is 65.3 Å². The van der Waals surface area contributed by atoms with Crippen LogP contribution in [0.1, 0.15) is 18.4 Å². The molecule has 0 unspecified atom stereocenters. The molecule has 1 aromatic rings. The Morgan fingerprint density at radius 3 is 2.50 bits per heavy atom. The standard InChI is InChI=1S/C18H19NO3/c1-19-17(14-8-10-15(22-2)11-9-14)12-16(18(20)21)13-6-4-3-5-7-13/h4,6-12H,3,5H2,1-2H3,(H,20,21)/b16-12+,19-17+. The molecule has 0 aliphatic heterocycles. The molecule has 0 aromatic heterocycles. The minimum atomic E-state index is -0.951. The molecule has 0 amide bonds. The van der Waals surface area contributed by atoms with Crippen LogP contribution in [0.5, 0.6) is 5.75 Å². The molecule has 114 valence electrons. The molecule has 0 radical (unpaired) electrons. The molecule has 0 bridgehead atoms. The Balaban J connectivity index is 2.37. The lowest BCUT2D eigenvalue weighted by Gasteiger charge is -2.09. The summed E-state index contributed by atoms with van der Waals surface area (Å²) in [6, 6.07) is 7.38. The van der Waals surface area contributed by atoms with Gasteiger partial charge >= 0.3 is 5.97 Å². The van der Waals surface area contributed by atoms with Crippen LogP contribution in [0, 0.1) is 0 Å². The summed E-state index contributed by atoms with van der Waals surface area (Å²) in [6.45, 7) is 0. The average Bonchev–Trinajstić information content (AvgIpc) is 2.56. The molecule has 0 heterocycles. The van der Waals surface area contributed by atoms with Crippen molar-refractivity contribution in [3.63, 3.8) is 0 Å². The quantitative estimate of drug-likeness (QED) is 0.669. The van der Waals surface area contributed by atoms with Gasteiger partial charge in [-0.3, -0.25) is 4.99 Å². The maximum absolute atomic E-state index is 11.6. The molecule has 22 heavy (non-hydrogen) atoms. The first-order valence-corrected chi connectivity index (χ1v) is 7.09. The van der Waals surface area contributed by atoms with E-state index in [4.69, 9.17) is 4.74 Å². The van der Waals surface area contributed by atoms with Crippen molar-refractivity contribution in [3.8, 4) is 5.75 Å². The topological polar surface area (TPSA) is 58.9 Å². The fraction of sp³-hybridized carbons (Fsp3) is 0.222. The summed E-state index contributed by atoms with van der Waals surface area (Å²) in [5.74, 6) is -0.202. The zero-order valence-corrected chi connectivity index (χ0v) is 12.7. The van der Waals surface area contributed by atoms with Gasteiger partial charge in [0.2, 0.25) is 0 Å². The van der Waals surface area contributed by atoms with Crippen molar-refractivity contribution in [2.45, 2.75) is 12.8 Å². The van der Waals surface area contributed by atoms with Crippen molar-refractivity contribution in [2.75, 3.05) is 14.2 Å². The number of aliphatic imine (C=N–C) groups is 1. The van der Waals surface area contributed by atoms with Crippen LogP contribution in [-0.2, 0) is 4.79 Å². The summed E-state index contributed by atoms with van der Waals surface area (Å²) in [4.78, 5) is 15.8. The van der Waals surface area contributed by atoms with Crippen LogP contribution in [0.2, 0.25) is 0 Å². The molecule has 0 atom stereocenters. The fourth-order valence-corrected chi connectivity index (χ4v) is 2.26. The number of allylic oxidation sites excluding steroid dienone is 4. The van der Waals surface area contributed by atoms with Crippen LogP contribution in [0.3, 0.4) is 0 Å². The van der Waals surface area contributed by atoms with E-state index < -0.39 is 5.97 Å². The second-order valence-corrected chi connectivity index (χ2v) is 4.84. The van der Waals surface area contributed by atoms with Crippen molar-refractivity contribution in [1.29, 1.82) is 0 Å². The van der Waals surface area contributed by atoms with Gasteiger partial charge in [-0.1, -0.05) is 18.2 Å². The number of carboxylic acids is 1. The smallest absolute Gasteiger partial charge is 0.336 e. The highest BCUT2D eigenvalue weighted by Gasteiger charge is 2.14. The molecule has 1 aliphatic rings. The third kappa shape index (κ3) is 3.73. The molecule has 0 saturated carbocycles. The highest BCUT2D eigenvalue weighted by Crippen LogP contribution is 2.20. The van der Waals surface area contributed by atoms with Gasteiger partial charge in [0, 0.05) is 7.05 Å². The normalized spacial score (nSPS) is 15.5. The number of carbonyl (C=O) groups is 1. The van der Waals surface area contributed by atoms with Crippen LogP contribution >= 0.6 is 0 Å². The van der Waals surface area contributed by atoms with Crippen LogP contribution in [-0.4, -0.2) is 30.9 Å². The summed E-state index contributed by atoms with van der Waals surface area (Å²) in [6.07, 6.45) is 9.21. The number of carboxylic acid groups (broad SMARTS) is 1. The number of aliphatic carboxylic acids is 1. The largest absolute Gasteiger partial charge is 0.497 e. The predicted molar refractivity (Wildman–Crippen MR) is 87.6 cm³/mol. The Bertz CT molecular complexity index is 664. The molecule has 2 rings (SSSR count). The molecule has 1 N–H and O–H groups in total. The Morgan fingerprint density at radius 2 is 2.00 bits per heavy atom. The molecule has 4 nitrogen and oxygen atoms in total. The molecule has 0 fully saturated rings.